The molecular formula is C31H35NO4S. The van der Waals surface area contributed by atoms with E-state index >= 15 is 0 Å². The molecule has 3 aromatic rings. The molecule has 0 aromatic heterocycles. The summed E-state index contributed by atoms with van der Waals surface area (Å²) < 4.78 is 28.3. The second kappa shape index (κ2) is 8.88. The van der Waals surface area contributed by atoms with Crippen LogP contribution < -0.4 is 4.31 Å². The van der Waals surface area contributed by atoms with Crippen LogP contribution in [0.25, 0.3) is 0 Å². The van der Waals surface area contributed by atoms with Crippen LogP contribution in [0.5, 0.6) is 5.75 Å². The number of phenolic OH excluding ortho intramolecular Hbond substituents is 1. The lowest BCUT2D eigenvalue weighted by molar-refractivity contribution is -0.114. The largest absolute Gasteiger partial charge is 0.507 e. The van der Waals surface area contributed by atoms with Crippen molar-refractivity contribution in [2.45, 2.75) is 70.1 Å². The maximum absolute atomic E-state index is 13.8. The molecule has 1 aliphatic heterocycles. The maximum Gasteiger partial charge on any atom is 0.271 e. The number of fused-ring (bicyclic) bond motifs is 1. The zero-order valence-corrected chi connectivity index (χ0v) is 23.4. The molecule has 1 amide bonds. The number of hydrogen-bond acceptors (Lipinski definition) is 4. The normalized spacial score (nSPS) is 16.6. The molecule has 3 aromatic carbocycles. The second-order valence-electron chi connectivity index (χ2n) is 11.9. The number of aromatic hydroxyl groups is 1. The summed E-state index contributed by atoms with van der Waals surface area (Å²) in [6, 6.07) is 17.4. The number of hydrogen-bond donors (Lipinski definition) is 1. The lowest BCUT2D eigenvalue weighted by Gasteiger charge is -2.36. The van der Waals surface area contributed by atoms with Gasteiger partial charge in [0.1, 0.15) is 5.75 Å². The van der Waals surface area contributed by atoms with Crippen molar-refractivity contribution in [1.82, 2.24) is 0 Å². The van der Waals surface area contributed by atoms with E-state index < -0.39 is 21.8 Å². The van der Waals surface area contributed by atoms with Crippen molar-refractivity contribution in [2.75, 3.05) is 4.31 Å². The molecule has 5 nitrogen and oxygen atoms in total. The predicted molar refractivity (Wildman–Crippen MR) is 149 cm³/mol. The molecule has 1 atom stereocenters. The van der Waals surface area contributed by atoms with E-state index in [1.807, 2.05) is 72.7 Å². The number of benzene rings is 3. The third-order valence-corrected chi connectivity index (χ3v) is 8.63. The Kier molecular flexibility index (Phi) is 6.40. The number of rotatable bonds is 3. The highest BCUT2D eigenvalue weighted by Gasteiger charge is 2.42. The number of phenols is 1. The van der Waals surface area contributed by atoms with E-state index in [2.05, 4.69) is 6.58 Å². The van der Waals surface area contributed by atoms with Crippen LogP contribution in [0.2, 0.25) is 0 Å². The summed E-state index contributed by atoms with van der Waals surface area (Å²) in [6.45, 7) is 18.2. The molecule has 0 spiro atoms. The van der Waals surface area contributed by atoms with Crippen molar-refractivity contribution in [3.05, 3.63) is 101 Å². The molecule has 37 heavy (non-hydrogen) atoms. The van der Waals surface area contributed by atoms with E-state index in [1.165, 1.54) is 12.1 Å². The van der Waals surface area contributed by atoms with Crippen molar-refractivity contribution < 1.29 is 18.3 Å². The Morgan fingerprint density at radius 1 is 0.865 bits per heavy atom. The number of para-hydroxylation sites is 1. The van der Waals surface area contributed by atoms with Gasteiger partial charge in [-0.05, 0) is 58.2 Å². The fourth-order valence-corrected chi connectivity index (χ4v) is 6.32. The molecule has 6 heteroatoms. The quantitative estimate of drug-likeness (QED) is 0.391. The van der Waals surface area contributed by atoms with E-state index in [4.69, 9.17) is 0 Å². The molecule has 0 radical (unpaired) electrons. The molecule has 4 rings (SSSR count). The Bertz CT molecular complexity index is 1470. The lowest BCUT2D eigenvalue weighted by Crippen LogP contribution is -2.42. The first-order valence-electron chi connectivity index (χ1n) is 12.4. The van der Waals surface area contributed by atoms with Gasteiger partial charge < -0.3 is 5.11 Å². The third kappa shape index (κ3) is 4.59. The van der Waals surface area contributed by atoms with Crippen molar-refractivity contribution >= 4 is 21.6 Å². The number of nitrogens with zero attached hydrogens (tertiary/aromatic N) is 1. The molecule has 0 bridgehead atoms. The number of aryl methyl sites for hydroxylation is 1. The summed E-state index contributed by atoms with van der Waals surface area (Å²) in [4.78, 5) is 13.8. The first-order valence-corrected chi connectivity index (χ1v) is 13.8. The van der Waals surface area contributed by atoms with Gasteiger partial charge in [0.15, 0.2) is 0 Å². The lowest BCUT2D eigenvalue weighted by atomic mass is 9.74. The average Bonchev–Trinajstić information content (AvgIpc) is 2.79. The van der Waals surface area contributed by atoms with E-state index in [1.54, 1.807) is 24.3 Å². The number of carbonyl (C=O) groups is 1. The SMILES string of the molecule is C=C1C(=O)N(S(=O)(=O)c2ccc(C)cc2)c2ccccc2[C@@H]1c1cc(C(C)(C)C)c(O)c(C(C)(C)C)c1. The van der Waals surface area contributed by atoms with Gasteiger partial charge in [-0.15, -0.1) is 0 Å². The number of carbonyl (C=O) groups excluding carboxylic acids is 1. The molecule has 0 fully saturated rings. The van der Waals surface area contributed by atoms with Gasteiger partial charge in [0.25, 0.3) is 15.9 Å². The molecule has 0 unspecified atom stereocenters. The highest BCUT2D eigenvalue weighted by atomic mass is 32.2. The summed E-state index contributed by atoms with van der Waals surface area (Å²) in [5.41, 5.74) is 3.68. The van der Waals surface area contributed by atoms with Crippen LogP contribution in [-0.4, -0.2) is 19.4 Å². The summed E-state index contributed by atoms with van der Waals surface area (Å²) in [6.07, 6.45) is 0. The molecule has 0 saturated carbocycles. The first kappa shape index (κ1) is 26.7. The number of sulfonamides is 1. The summed E-state index contributed by atoms with van der Waals surface area (Å²) in [5.74, 6) is -0.976. The Morgan fingerprint density at radius 2 is 1.38 bits per heavy atom. The van der Waals surface area contributed by atoms with Gasteiger partial charge in [0.2, 0.25) is 0 Å². The monoisotopic (exact) mass is 517 g/mol. The van der Waals surface area contributed by atoms with Crippen LogP contribution in [0.15, 0.2) is 77.7 Å². The minimum atomic E-state index is -4.17. The summed E-state index contributed by atoms with van der Waals surface area (Å²) in [5, 5.41) is 11.2. The van der Waals surface area contributed by atoms with Gasteiger partial charge in [0, 0.05) is 11.5 Å². The van der Waals surface area contributed by atoms with Crippen LogP contribution in [0.4, 0.5) is 5.69 Å². The molecule has 0 saturated heterocycles. The minimum absolute atomic E-state index is 0.0437. The van der Waals surface area contributed by atoms with Crippen molar-refractivity contribution in [3.63, 3.8) is 0 Å². The van der Waals surface area contributed by atoms with Crippen LogP contribution >= 0.6 is 0 Å². The molecule has 1 heterocycles. The van der Waals surface area contributed by atoms with Crippen molar-refractivity contribution in [1.29, 1.82) is 0 Å². The smallest absolute Gasteiger partial charge is 0.271 e. The molecular weight excluding hydrogens is 482 g/mol. The first-order chi connectivity index (χ1) is 17.0. The van der Waals surface area contributed by atoms with E-state index in [0.717, 1.165) is 26.6 Å². The van der Waals surface area contributed by atoms with Gasteiger partial charge >= 0.3 is 0 Å². The molecule has 0 aliphatic carbocycles. The number of anilines is 1. The van der Waals surface area contributed by atoms with Crippen LogP contribution in [0, 0.1) is 6.92 Å². The molecule has 1 aliphatic rings. The topological polar surface area (TPSA) is 74.7 Å². The highest BCUT2D eigenvalue weighted by molar-refractivity contribution is 7.93. The standard InChI is InChI=1S/C31H35NO4S/c1-19-13-15-22(16-14-19)37(35,36)32-26-12-10-9-11-23(26)27(20(2)29(32)34)21-17-24(30(3,4)5)28(33)25(18-21)31(6,7)8/h9-18,27,33H,2H2,1,3-8H3/t27-/m0/s1. The fraction of sp³-hybridized carbons (Fsp3) is 0.323. The molecule has 1 N–H and O–H groups in total. The predicted octanol–water partition coefficient (Wildman–Crippen LogP) is 6.72. The van der Waals surface area contributed by atoms with E-state index in [-0.39, 0.29) is 27.0 Å². The van der Waals surface area contributed by atoms with Crippen molar-refractivity contribution in [2.24, 2.45) is 0 Å². The van der Waals surface area contributed by atoms with Crippen LogP contribution in [-0.2, 0) is 25.6 Å². The highest BCUT2D eigenvalue weighted by Crippen LogP contribution is 2.48. The molecule has 194 valence electrons. The number of amides is 1. The van der Waals surface area contributed by atoms with Crippen LogP contribution in [0.3, 0.4) is 0 Å². The fourth-order valence-electron chi connectivity index (χ4n) is 4.87. The Balaban J connectivity index is 1.97. The van der Waals surface area contributed by atoms with Gasteiger partial charge in [-0.3, -0.25) is 4.79 Å². The average molecular weight is 518 g/mol. The summed E-state index contributed by atoms with van der Waals surface area (Å²) in [7, 11) is -4.17. The van der Waals surface area contributed by atoms with Gasteiger partial charge in [-0.25, -0.2) is 8.42 Å². The van der Waals surface area contributed by atoms with Gasteiger partial charge in [-0.1, -0.05) is 96.1 Å². The Hall–Kier alpha value is -3.38. The van der Waals surface area contributed by atoms with Gasteiger partial charge in [0.05, 0.1) is 10.6 Å². The summed E-state index contributed by atoms with van der Waals surface area (Å²) >= 11 is 0. The Morgan fingerprint density at radius 3 is 1.89 bits per heavy atom. The van der Waals surface area contributed by atoms with E-state index in [0.29, 0.717) is 11.3 Å². The van der Waals surface area contributed by atoms with Crippen LogP contribution in [0.1, 0.15) is 75.3 Å². The third-order valence-electron chi connectivity index (χ3n) is 6.91. The Labute approximate surface area is 220 Å². The second-order valence-corrected chi connectivity index (χ2v) is 13.7. The van der Waals surface area contributed by atoms with Crippen molar-refractivity contribution in [3.8, 4) is 5.75 Å². The van der Waals surface area contributed by atoms with E-state index in [9.17, 15) is 18.3 Å². The van der Waals surface area contributed by atoms with Gasteiger partial charge in [-0.2, -0.15) is 4.31 Å². The minimum Gasteiger partial charge on any atom is -0.507 e. The zero-order chi connectivity index (χ0) is 27.5. The zero-order valence-electron chi connectivity index (χ0n) is 22.6. The maximum atomic E-state index is 13.8.